The number of hydrogen-bond acceptors (Lipinski definition) is 5. The third-order valence-corrected chi connectivity index (χ3v) is 32.0. The van der Waals surface area contributed by atoms with Crippen molar-refractivity contribution >= 4 is 134 Å². The maximum absolute atomic E-state index is 15.1. The van der Waals surface area contributed by atoms with Crippen LogP contribution in [-0.4, -0.2) is 140 Å². The van der Waals surface area contributed by atoms with E-state index in [1.54, 1.807) is 58.0 Å². The smallest absolute Gasteiger partial charge is 0.260 e. The summed E-state index contributed by atoms with van der Waals surface area (Å²) >= 11 is 16.6. The van der Waals surface area contributed by atoms with Crippen molar-refractivity contribution in [2.45, 2.75) is 243 Å². The molecule has 144 heavy (non-hydrogen) atoms. The minimum atomic E-state index is -2.98. The predicted molar refractivity (Wildman–Crippen MR) is 561 cm³/mol. The first-order valence-corrected chi connectivity index (χ1v) is 52.5. The van der Waals surface area contributed by atoms with Gasteiger partial charge in [-0.3, -0.25) is 24.5 Å². The number of nitrogens with zero attached hydrogens (tertiary/aromatic N) is 5. The fourth-order valence-electron chi connectivity index (χ4n) is 21.6. The molecule has 31 heteroatoms. The molecule has 0 fully saturated rings. The third-order valence-electron chi connectivity index (χ3n) is 29.5. The number of fused-ring (bicyclic) bond motifs is 15. The molecular formula is C113H115Br5F16N10. The molecule has 0 radical (unpaired) electrons. The number of H-pyrrole nitrogens is 5. The number of aromatic amines is 5. The Bertz CT molecular complexity index is 7150. The minimum Gasteiger partial charge on any atom is -0.357 e. The van der Waals surface area contributed by atoms with Crippen LogP contribution in [-0.2, 0) is 32.1 Å². The molecule has 20 rings (SSSR count). The van der Waals surface area contributed by atoms with Gasteiger partial charge < -0.3 is 24.9 Å². The van der Waals surface area contributed by atoms with Crippen LogP contribution < -0.4 is 0 Å². The lowest BCUT2D eigenvalue weighted by atomic mass is 9.81. The molecule has 0 amide bonds. The van der Waals surface area contributed by atoms with Crippen molar-refractivity contribution in [1.82, 2.24) is 49.4 Å². The van der Waals surface area contributed by atoms with Gasteiger partial charge in [-0.1, -0.05) is 230 Å². The highest BCUT2D eigenvalue weighted by molar-refractivity contribution is 9.11. The molecule has 5 N–H and O–H groups in total. The van der Waals surface area contributed by atoms with E-state index in [9.17, 15) is 57.1 Å². The van der Waals surface area contributed by atoms with Crippen LogP contribution in [0.25, 0.3) is 54.5 Å². The van der Waals surface area contributed by atoms with Crippen LogP contribution in [0.15, 0.2) is 229 Å². The molecule has 764 valence electrons. The molecule has 5 aliphatic rings. The molecule has 0 aliphatic carbocycles. The normalized spacial score (nSPS) is 19.8. The average molecular weight is 2320 g/mol. The lowest BCUT2D eigenvalue weighted by Gasteiger charge is -2.49. The van der Waals surface area contributed by atoms with Gasteiger partial charge in [0.1, 0.15) is 34.9 Å². The van der Waals surface area contributed by atoms with Crippen molar-refractivity contribution in [3.63, 3.8) is 0 Å². The van der Waals surface area contributed by atoms with E-state index in [1.165, 1.54) is 75.0 Å². The molecule has 5 aromatic heterocycles. The summed E-state index contributed by atoms with van der Waals surface area (Å²) < 4.78 is 237. The third kappa shape index (κ3) is 22.2. The molecule has 0 spiro atoms. The second-order valence-corrected chi connectivity index (χ2v) is 45.2. The molecule has 0 saturated heterocycles. The van der Waals surface area contributed by atoms with Crippen LogP contribution in [0.4, 0.5) is 70.2 Å². The van der Waals surface area contributed by atoms with Gasteiger partial charge in [-0.05, 0) is 217 Å². The van der Waals surface area contributed by atoms with E-state index in [2.05, 4.69) is 131 Å². The maximum Gasteiger partial charge on any atom is 0.260 e. The van der Waals surface area contributed by atoms with E-state index in [4.69, 9.17) is 0 Å². The van der Waals surface area contributed by atoms with Gasteiger partial charge in [-0.25, -0.2) is 70.2 Å². The summed E-state index contributed by atoms with van der Waals surface area (Å²) in [6.45, 7) is 20.9. The summed E-state index contributed by atoms with van der Waals surface area (Å²) in [5.74, 6) is -17.4. The van der Waals surface area contributed by atoms with Crippen molar-refractivity contribution in [1.29, 1.82) is 0 Å². The number of nitrogens with one attached hydrogen (secondary N) is 5. The van der Waals surface area contributed by atoms with E-state index in [0.717, 1.165) is 104 Å². The van der Waals surface area contributed by atoms with E-state index < -0.39 is 113 Å². The largest absolute Gasteiger partial charge is 0.357 e. The van der Waals surface area contributed by atoms with Crippen molar-refractivity contribution in [2.24, 2.45) is 0 Å². The van der Waals surface area contributed by atoms with Crippen molar-refractivity contribution < 1.29 is 70.2 Å². The summed E-state index contributed by atoms with van der Waals surface area (Å²) in [5.41, 5.74) is 13.2. The van der Waals surface area contributed by atoms with Crippen molar-refractivity contribution in [2.75, 3.05) is 32.7 Å². The second kappa shape index (κ2) is 42.2. The Morgan fingerprint density at radius 3 is 0.958 bits per heavy atom. The Balaban J connectivity index is 0.000000129. The SMILES string of the molecule is CCC(F)(F)CN1C(C)Cc2c([nH]c3c(F)cccc23)C1c1ccc(Br)cc1.CCC(F)(F)CN1C(C)Cc2c([nH]c3c(F)cccc23)C1c1ccc(Br)cc1F.CCC(F)(F)CN1C(c2c(F)cc(Br)cc2F)c2[nH]c3ccccc3c2CC1(C)C.CCC(F)(F)CN1C(c2ccc(Br)cc2)c2[nH]c3ccccc3c2CC1(C)C.CCC(F)(F)CN1C(c2ccc(Br)cc2F)c2[nH]c3ccccc3c2CC1(C)C. The van der Waals surface area contributed by atoms with E-state index in [0.29, 0.717) is 68.2 Å². The second-order valence-electron chi connectivity index (χ2n) is 40.6. The zero-order chi connectivity index (χ0) is 104. The van der Waals surface area contributed by atoms with Gasteiger partial charge in [0.15, 0.2) is 0 Å². The highest BCUT2D eigenvalue weighted by Crippen LogP contribution is 2.54. The molecule has 10 nitrogen and oxygen atoms in total. The fraction of sp³-hybridized carbons (Fsp3) is 0.381. The molecule has 0 saturated carbocycles. The Labute approximate surface area is 870 Å². The van der Waals surface area contributed by atoms with Crippen LogP contribution in [0.3, 0.4) is 0 Å². The van der Waals surface area contributed by atoms with Crippen molar-refractivity contribution in [3.8, 4) is 0 Å². The summed E-state index contributed by atoms with van der Waals surface area (Å²) in [4.78, 5) is 25.3. The number of para-hydroxylation sites is 5. The molecular weight excluding hydrogens is 2200 g/mol. The quantitative estimate of drug-likeness (QED) is 0.0490. The molecule has 7 atom stereocenters. The van der Waals surface area contributed by atoms with Gasteiger partial charge in [0.2, 0.25) is 0 Å². The highest BCUT2D eigenvalue weighted by atomic mass is 79.9. The number of halogens is 21. The summed E-state index contributed by atoms with van der Waals surface area (Å²) in [6.07, 6.45) is 1.64. The first kappa shape index (κ1) is 108. The summed E-state index contributed by atoms with van der Waals surface area (Å²) in [5, 5.41) is 4.77. The molecule has 10 heterocycles. The summed E-state index contributed by atoms with van der Waals surface area (Å²) in [6, 6.07) is 57.7. The van der Waals surface area contributed by atoms with E-state index in [1.807, 2.05) is 173 Å². The predicted octanol–water partition coefficient (Wildman–Crippen LogP) is 33.6. The van der Waals surface area contributed by atoms with Crippen LogP contribution in [0.1, 0.15) is 236 Å². The Morgan fingerprint density at radius 2 is 0.583 bits per heavy atom. The molecule has 10 aromatic carbocycles. The first-order valence-electron chi connectivity index (χ1n) is 48.5. The Morgan fingerprint density at radius 1 is 0.292 bits per heavy atom. The van der Waals surface area contributed by atoms with Crippen LogP contribution >= 0.6 is 79.6 Å². The molecule has 5 aliphatic heterocycles. The van der Waals surface area contributed by atoms with E-state index in [-0.39, 0.29) is 85.2 Å². The molecule has 0 bridgehead atoms. The lowest BCUT2D eigenvalue weighted by molar-refractivity contribution is -0.0742. The van der Waals surface area contributed by atoms with E-state index >= 15 is 13.2 Å². The Hall–Kier alpha value is -9.02. The zero-order valence-electron chi connectivity index (χ0n) is 82.0. The van der Waals surface area contributed by atoms with Crippen LogP contribution in [0.5, 0.6) is 0 Å². The van der Waals surface area contributed by atoms with Crippen LogP contribution in [0.2, 0.25) is 0 Å². The monoisotopic (exact) mass is 2310 g/mol. The molecule has 7 unspecified atom stereocenters. The number of rotatable bonds is 20. The Kier molecular flexibility index (Phi) is 31.6. The van der Waals surface area contributed by atoms with Gasteiger partial charge in [0.25, 0.3) is 29.6 Å². The number of aromatic nitrogens is 5. The minimum absolute atomic E-state index is 0.0964. The standard InChI is InChI=1S/C23H23BrF4N2.C23H24BrF3N2.C23H25BrF2N2.C22H21BrF4N2.C22H22BrF3N2/c1-4-23(27,28)12-30-21(19-16(25)9-13(24)10-17(19)26)20-15(11-22(30,2)3)14-7-5-6-8-18(14)29-20;1-4-23(26,27)13-29-21(16-10-9-14(24)11-18(16)25)20-17(12-22(29,2)3)15-7-5-6-8-19(15)28-20;1-4-23(25,26)14-28-21(15-9-11-16(24)12-10-15)20-18(13-22(28,2)3)17-7-5-6-8-19(17)27-20;1-3-22(26,27)11-29-12(2)9-16-14-5-4-6-17(24)19(14)28-20(16)21(29)15-8-7-13(23)10-18(15)25;1-3-22(25,26)12-28-13(2)11-17-16-5-4-6-18(24)19(16)27-20(17)21(28)14-7-9-15(23)10-8-14/h5-10,21,29H,4,11-12H2,1-3H3;5-11,21,28H,4,12-13H2,1-3H3;5-12,21,27H,4,13-14H2,1-3H3;4-8,10,12,21,28H,3,9,11H2,1-2H3;4-10,13,21,27H,3,11-12H2,1-2H3. The fourth-order valence-corrected chi connectivity index (χ4v) is 23.2. The maximum atomic E-state index is 15.1. The van der Waals surface area contributed by atoms with Gasteiger partial charge in [0.05, 0.1) is 74.0 Å². The highest BCUT2D eigenvalue weighted by Gasteiger charge is 2.53. The summed E-state index contributed by atoms with van der Waals surface area (Å²) in [7, 11) is 0. The van der Waals surface area contributed by atoms with Gasteiger partial charge >= 0.3 is 0 Å². The topological polar surface area (TPSA) is 95.2 Å². The van der Waals surface area contributed by atoms with Gasteiger partial charge in [0, 0.05) is 172 Å². The first-order chi connectivity index (χ1) is 67.9. The number of benzene rings is 10. The van der Waals surface area contributed by atoms with Gasteiger partial charge in [-0.15, -0.1) is 0 Å². The van der Waals surface area contributed by atoms with Crippen molar-refractivity contribution in [3.05, 3.63) is 348 Å². The zero-order valence-corrected chi connectivity index (χ0v) is 89.9. The number of alkyl halides is 10. The van der Waals surface area contributed by atoms with Crippen LogP contribution in [0, 0.1) is 34.9 Å². The molecule has 15 aromatic rings. The lowest BCUT2D eigenvalue weighted by Crippen LogP contribution is -2.55. The number of hydrogen-bond donors (Lipinski definition) is 5. The average Bonchev–Trinajstić information content (AvgIpc) is 1.42. The van der Waals surface area contributed by atoms with Gasteiger partial charge in [-0.2, -0.15) is 0 Å².